The van der Waals surface area contributed by atoms with Gasteiger partial charge in [-0.25, -0.2) is 0 Å². The zero-order valence-corrected chi connectivity index (χ0v) is 11.0. The lowest BCUT2D eigenvalue weighted by Gasteiger charge is -2.26. The fraction of sp³-hybridized carbons (Fsp3) is 0.500. The molecular weight excluding hydrogens is 244 g/mol. The molecule has 2 heterocycles. The van der Waals surface area contributed by atoms with Crippen molar-refractivity contribution in [2.45, 2.75) is 12.5 Å². The summed E-state index contributed by atoms with van der Waals surface area (Å²) in [6.45, 7) is 2.85. The smallest absolute Gasteiger partial charge is 0.257 e. The molecule has 0 unspecified atom stereocenters. The van der Waals surface area contributed by atoms with E-state index in [1.54, 1.807) is 11.0 Å². The summed E-state index contributed by atoms with van der Waals surface area (Å²) in [7, 11) is 1.85. The van der Waals surface area contributed by atoms with Gasteiger partial charge in [-0.2, -0.15) is 0 Å². The Labute approximate surface area is 112 Å². The second-order valence-corrected chi connectivity index (χ2v) is 4.89. The molecule has 0 saturated carbocycles. The van der Waals surface area contributed by atoms with Gasteiger partial charge in [-0.3, -0.25) is 4.79 Å². The normalized spacial score (nSPS) is 21.2. The molecule has 5 nitrogen and oxygen atoms in total. The Bertz CT molecular complexity index is 484. The average molecular weight is 262 g/mol. The van der Waals surface area contributed by atoms with Crippen LogP contribution in [-0.4, -0.2) is 50.2 Å². The summed E-state index contributed by atoms with van der Waals surface area (Å²) in [5.41, 5.74) is 0.589. The van der Waals surface area contributed by atoms with Crippen LogP contribution in [0, 0.1) is 0 Å². The highest BCUT2D eigenvalue weighted by Crippen LogP contribution is 2.34. The van der Waals surface area contributed by atoms with Crippen molar-refractivity contribution in [2.75, 3.05) is 33.4 Å². The molecule has 1 atom stereocenters. The Kier molecular flexibility index (Phi) is 3.29. The first-order chi connectivity index (χ1) is 9.27. The van der Waals surface area contributed by atoms with Gasteiger partial charge in [-0.15, -0.1) is 0 Å². The third kappa shape index (κ3) is 2.26. The number of ether oxygens (including phenoxy) is 2. The molecule has 102 valence electrons. The van der Waals surface area contributed by atoms with E-state index in [0.29, 0.717) is 30.3 Å². The highest BCUT2D eigenvalue weighted by Gasteiger charge is 2.27. The molecule has 0 radical (unpaired) electrons. The Morgan fingerprint density at radius 2 is 2.21 bits per heavy atom. The van der Waals surface area contributed by atoms with Gasteiger partial charge in [0, 0.05) is 19.6 Å². The van der Waals surface area contributed by atoms with Gasteiger partial charge in [-0.05, 0) is 25.1 Å². The van der Waals surface area contributed by atoms with Crippen LogP contribution in [0.5, 0.6) is 11.5 Å². The molecule has 1 aromatic rings. The summed E-state index contributed by atoms with van der Waals surface area (Å²) in [6.07, 6.45) is 0.995. The molecule has 1 amide bonds. The van der Waals surface area contributed by atoms with Crippen LogP contribution < -0.4 is 14.8 Å². The summed E-state index contributed by atoms with van der Waals surface area (Å²) in [6, 6.07) is 5.73. The van der Waals surface area contributed by atoms with Gasteiger partial charge in [0.1, 0.15) is 13.2 Å². The first-order valence-corrected chi connectivity index (χ1v) is 6.64. The molecule has 1 N–H and O–H groups in total. The molecule has 1 aromatic carbocycles. The third-order valence-corrected chi connectivity index (χ3v) is 3.70. The number of carbonyl (C=O) groups is 1. The number of para-hydroxylation sites is 1. The topological polar surface area (TPSA) is 50.8 Å². The highest BCUT2D eigenvalue weighted by molar-refractivity contribution is 5.98. The number of rotatable bonds is 2. The van der Waals surface area contributed by atoms with Crippen molar-refractivity contribution in [2.24, 2.45) is 0 Å². The Morgan fingerprint density at radius 1 is 1.37 bits per heavy atom. The number of nitrogens with one attached hydrogen (secondary N) is 1. The van der Waals surface area contributed by atoms with Crippen molar-refractivity contribution in [3.05, 3.63) is 23.8 Å². The minimum Gasteiger partial charge on any atom is -0.486 e. The Morgan fingerprint density at radius 3 is 3.00 bits per heavy atom. The minimum atomic E-state index is -0.00366. The predicted molar refractivity (Wildman–Crippen MR) is 70.8 cm³/mol. The Hall–Kier alpha value is -1.75. The first-order valence-electron chi connectivity index (χ1n) is 6.64. The molecule has 2 aliphatic rings. The lowest BCUT2D eigenvalue weighted by molar-refractivity contribution is 0.0733. The molecule has 0 aliphatic carbocycles. The summed E-state index contributed by atoms with van der Waals surface area (Å²) in [4.78, 5) is 14.4. The van der Waals surface area contributed by atoms with Gasteiger partial charge in [0.05, 0.1) is 5.56 Å². The van der Waals surface area contributed by atoms with Gasteiger partial charge >= 0.3 is 0 Å². The number of benzene rings is 1. The van der Waals surface area contributed by atoms with Crippen LogP contribution in [0.4, 0.5) is 0 Å². The fourth-order valence-electron chi connectivity index (χ4n) is 2.57. The number of fused-ring (bicyclic) bond motifs is 1. The zero-order chi connectivity index (χ0) is 13.2. The summed E-state index contributed by atoms with van der Waals surface area (Å²) in [5, 5.41) is 3.27. The molecule has 1 saturated heterocycles. The summed E-state index contributed by atoms with van der Waals surface area (Å²) < 4.78 is 11.1. The van der Waals surface area contributed by atoms with Gasteiger partial charge in [0.2, 0.25) is 0 Å². The van der Waals surface area contributed by atoms with Crippen LogP contribution in [0.3, 0.4) is 0 Å². The predicted octanol–water partition coefficient (Wildman–Crippen LogP) is 0.892. The maximum absolute atomic E-state index is 12.6. The van der Waals surface area contributed by atoms with E-state index in [2.05, 4.69) is 5.32 Å². The number of amides is 1. The van der Waals surface area contributed by atoms with Crippen molar-refractivity contribution in [3.8, 4) is 11.5 Å². The second kappa shape index (κ2) is 5.09. The highest BCUT2D eigenvalue weighted by atomic mass is 16.6. The van der Waals surface area contributed by atoms with E-state index in [4.69, 9.17) is 9.47 Å². The third-order valence-electron chi connectivity index (χ3n) is 3.70. The number of hydrogen-bond donors (Lipinski definition) is 1. The summed E-state index contributed by atoms with van der Waals surface area (Å²) in [5.74, 6) is 1.24. The van der Waals surface area contributed by atoms with Crippen LogP contribution in [0.1, 0.15) is 16.8 Å². The molecule has 5 heteroatoms. The lowest BCUT2D eigenvalue weighted by atomic mass is 10.1. The van der Waals surface area contributed by atoms with Crippen molar-refractivity contribution in [1.82, 2.24) is 10.2 Å². The molecule has 0 bridgehead atoms. The SMILES string of the molecule is CN(C(=O)c1cccc2c1OCCO2)[C@H]1CCNC1. The molecule has 2 aliphatic heterocycles. The van der Waals surface area contributed by atoms with E-state index >= 15 is 0 Å². The molecule has 0 aromatic heterocycles. The van der Waals surface area contributed by atoms with Crippen molar-refractivity contribution < 1.29 is 14.3 Å². The lowest BCUT2D eigenvalue weighted by Crippen LogP contribution is -2.38. The molecule has 3 rings (SSSR count). The Balaban J connectivity index is 1.86. The molecule has 19 heavy (non-hydrogen) atoms. The van der Waals surface area contributed by atoms with E-state index in [1.165, 1.54) is 0 Å². The van der Waals surface area contributed by atoms with E-state index in [-0.39, 0.29) is 11.9 Å². The van der Waals surface area contributed by atoms with E-state index in [9.17, 15) is 4.79 Å². The number of likely N-dealkylation sites (N-methyl/N-ethyl adjacent to an activating group) is 1. The quantitative estimate of drug-likeness (QED) is 0.860. The zero-order valence-electron chi connectivity index (χ0n) is 11.0. The minimum absolute atomic E-state index is 0.00366. The van der Waals surface area contributed by atoms with Crippen LogP contribution in [0.15, 0.2) is 18.2 Å². The standard InChI is InChI=1S/C14H18N2O3/c1-16(10-5-6-15-9-10)14(17)11-3-2-4-12-13(11)19-8-7-18-12/h2-4,10,15H,5-9H2,1H3/t10-/m0/s1. The maximum Gasteiger partial charge on any atom is 0.257 e. The maximum atomic E-state index is 12.6. The largest absolute Gasteiger partial charge is 0.486 e. The molecular formula is C14H18N2O3. The first kappa shape index (κ1) is 12.3. The van der Waals surface area contributed by atoms with Crippen LogP contribution in [0.25, 0.3) is 0 Å². The van der Waals surface area contributed by atoms with Crippen molar-refractivity contribution >= 4 is 5.91 Å². The average Bonchev–Trinajstić information content (AvgIpc) is 2.99. The van der Waals surface area contributed by atoms with E-state index in [1.807, 2.05) is 19.2 Å². The van der Waals surface area contributed by atoms with Crippen LogP contribution in [0.2, 0.25) is 0 Å². The van der Waals surface area contributed by atoms with Crippen molar-refractivity contribution in [3.63, 3.8) is 0 Å². The number of carbonyl (C=O) groups excluding carboxylic acids is 1. The van der Waals surface area contributed by atoms with Crippen LogP contribution >= 0.6 is 0 Å². The van der Waals surface area contributed by atoms with Gasteiger partial charge in [0.25, 0.3) is 5.91 Å². The second-order valence-electron chi connectivity index (χ2n) is 4.89. The summed E-state index contributed by atoms with van der Waals surface area (Å²) >= 11 is 0. The van der Waals surface area contributed by atoms with Crippen molar-refractivity contribution in [1.29, 1.82) is 0 Å². The number of hydrogen-bond acceptors (Lipinski definition) is 4. The van der Waals surface area contributed by atoms with Gasteiger partial charge in [0.15, 0.2) is 11.5 Å². The number of nitrogens with zero attached hydrogens (tertiary/aromatic N) is 1. The van der Waals surface area contributed by atoms with E-state index < -0.39 is 0 Å². The van der Waals surface area contributed by atoms with Crippen LogP contribution in [-0.2, 0) is 0 Å². The van der Waals surface area contributed by atoms with Gasteiger partial charge < -0.3 is 19.7 Å². The fourth-order valence-corrected chi connectivity index (χ4v) is 2.57. The molecule has 1 fully saturated rings. The van der Waals surface area contributed by atoms with E-state index in [0.717, 1.165) is 19.5 Å². The monoisotopic (exact) mass is 262 g/mol. The molecule has 0 spiro atoms. The van der Waals surface area contributed by atoms with Gasteiger partial charge in [-0.1, -0.05) is 6.07 Å².